The average molecular weight is 427 g/mol. The molecule has 2 aromatic carbocycles. The first-order chi connectivity index (χ1) is 11.8. The zero-order chi connectivity index (χ0) is 18.2. The van der Waals surface area contributed by atoms with Crippen LogP contribution in [0.25, 0.3) is 6.08 Å². The fraction of sp³-hybridized carbons (Fsp3) is 0.0588. The van der Waals surface area contributed by atoms with Gasteiger partial charge in [0.15, 0.2) is 5.17 Å². The maximum Gasteiger partial charge on any atom is 0.416 e. The van der Waals surface area contributed by atoms with Crippen molar-refractivity contribution in [2.24, 2.45) is 0 Å². The number of alkyl halides is 3. The van der Waals surface area contributed by atoms with E-state index < -0.39 is 17.6 Å². The van der Waals surface area contributed by atoms with Crippen LogP contribution in [0.5, 0.6) is 0 Å². The summed E-state index contributed by atoms with van der Waals surface area (Å²) in [6.07, 6.45) is -2.90. The molecule has 0 bridgehead atoms. The number of benzene rings is 2. The van der Waals surface area contributed by atoms with Gasteiger partial charge in [-0.15, -0.1) is 0 Å². The van der Waals surface area contributed by atoms with Gasteiger partial charge in [-0.3, -0.25) is 15.1 Å². The summed E-state index contributed by atoms with van der Waals surface area (Å²) in [6, 6.07) is 11.6. The van der Waals surface area contributed by atoms with Crippen LogP contribution in [0, 0.1) is 5.41 Å². The average Bonchev–Trinajstić information content (AvgIpc) is 2.83. The Morgan fingerprint density at radius 1 is 1.12 bits per heavy atom. The Morgan fingerprint density at radius 3 is 2.44 bits per heavy atom. The van der Waals surface area contributed by atoms with Crippen LogP contribution in [0.4, 0.5) is 18.9 Å². The second-order valence-corrected chi connectivity index (χ2v) is 7.10. The van der Waals surface area contributed by atoms with Crippen molar-refractivity contribution in [2.45, 2.75) is 6.18 Å². The molecule has 1 amide bonds. The predicted molar refractivity (Wildman–Crippen MR) is 96.4 cm³/mol. The number of nitrogens with zero attached hydrogens (tertiary/aromatic N) is 1. The van der Waals surface area contributed by atoms with Crippen molar-refractivity contribution in [2.75, 3.05) is 4.90 Å². The highest BCUT2D eigenvalue weighted by Gasteiger charge is 2.36. The fourth-order valence-electron chi connectivity index (χ4n) is 2.25. The van der Waals surface area contributed by atoms with Crippen LogP contribution in [0.15, 0.2) is 57.9 Å². The molecule has 3 nitrogen and oxygen atoms in total. The van der Waals surface area contributed by atoms with Gasteiger partial charge in [0.05, 0.1) is 16.2 Å². The third kappa shape index (κ3) is 3.80. The number of amides is 1. The number of anilines is 1. The van der Waals surface area contributed by atoms with Gasteiger partial charge in [-0.2, -0.15) is 13.2 Å². The van der Waals surface area contributed by atoms with Crippen LogP contribution in [0.3, 0.4) is 0 Å². The van der Waals surface area contributed by atoms with Gasteiger partial charge in [0, 0.05) is 4.47 Å². The third-order valence-corrected chi connectivity index (χ3v) is 4.84. The molecular formula is C17H10BrF3N2OS. The van der Waals surface area contributed by atoms with E-state index in [4.69, 9.17) is 5.41 Å². The molecule has 0 aliphatic carbocycles. The van der Waals surface area contributed by atoms with Crippen LogP contribution in [-0.4, -0.2) is 11.1 Å². The highest BCUT2D eigenvalue weighted by atomic mass is 79.9. The summed E-state index contributed by atoms with van der Waals surface area (Å²) in [5.74, 6) is -0.516. The Bertz CT molecular complexity index is 878. The van der Waals surface area contributed by atoms with Gasteiger partial charge in [0.25, 0.3) is 5.91 Å². The summed E-state index contributed by atoms with van der Waals surface area (Å²) < 4.78 is 39.5. The SMILES string of the molecule is N=C1S/C(=C\c2ccc(Br)cc2)C(=O)N1c1cccc(C(F)(F)F)c1. The summed E-state index contributed by atoms with van der Waals surface area (Å²) >= 11 is 4.23. The Balaban J connectivity index is 1.93. The molecule has 1 aliphatic rings. The first-order valence-electron chi connectivity index (χ1n) is 7.01. The standard InChI is InChI=1S/C17H10BrF3N2OS/c18-12-6-4-10(5-7-12)8-14-15(24)23(16(22)25-14)13-3-1-2-11(9-13)17(19,20)21/h1-9,22H/b14-8-,22-16?. The normalized spacial score (nSPS) is 16.8. The molecule has 1 N–H and O–H groups in total. The number of amidine groups is 1. The predicted octanol–water partition coefficient (Wildman–Crippen LogP) is 5.52. The highest BCUT2D eigenvalue weighted by Crippen LogP contribution is 2.37. The summed E-state index contributed by atoms with van der Waals surface area (Å²) in [5, 5.41) is 7.84. The Morgan fingerprint density at radius 2 is 1.80 bits per heavy atom. The second-order valence-electron chi connectivity index (χ2n) is 5.16. The summed E-state index contributed by atoms with van der Waals surface area (Å²) in [4.78, 5) is 13.8. The second kappa shape index (κ2) is 6.68. The number of nitrogens with one attached hydrogen (secondary N) is 1. The van der Waals surface area contributed by atoms with Crippen molar-refractivity contribution in [1.82, 2.24) is 0 Å². The van der Waals surface area contributed by atoms with Gasteiger partial charge in [0.1, 0.15) is 0 Å². The Kier molecular flexibility index (Phi) is 4.75. The highest BCUT2D eigenvalue weighted by molar-refractivity contribution is 9.10. The van der Waals surface area contributed by atoms with E-state index in [9.17, 15) is 18.0 Å². The van der Waals surface area contributed by atoms with Gasteiger partial charge in [-0.05, 0) is 53.7 Å². The summed E-state index contributed by atoms with van der Waals surface area (Å²) in [6.45, 7) is 0. The number of hydrogen-bond acceptors (Lipinski definition) is 3. The maximum absolute atomic E-state index is 12.9. The van der Waals surface area contributed by atoms with Gasteiger partial charge in [0.2, 0.25) is 0 Å². The topological polar surface area (TPSA) is 44.2 Å². The molecule has 1 heterocycles. The molecular weight excluding hydrogens is 417 g/mol. The number of carbonyl (C=O) groups is 1. The molecule has 0 unspecified atom stereocenters. The summed E-state index contributed by atoms with van der Waals surface area (Å²) in [5.41, 5.74) is -0.0739. The third-order valence-electron chi connectivity index (χ3n) is 3.42. The molecule has 25 heavy (non-hydrogen) atoms. The van der Waals surface area contributed by atoms with Crippen LogP contribution in [-0.2, 0) is 11.0 Å². The van der Waals surface area contributed by atoms with Crippen molar-refractivity contribution in [3.05, 3.63) is 69.0 Å². The molecule has 128 valence electrons. The van der Waals surface area contributed by atoms with E-state index in [0.29, 0.717) is 0 Å². The monoisotopic (exact) mass is 426 g/mol. The van der Waals surface area contributed by atoms with Crippen molar-refractivity contribution in [1.29, 1.82) is 5.41 Å². The number of hydrogen-bond donors (Lipinski definition) is 1. The molecule has 0 spiro atoms. The number of halogens is 4. The van der Waals surface area contributed by atoms with E-state index >= 15 is 0 Å². The zero-order valence-electron chi connectivity index (χ0n) is 12.5. The maximum atomic E-state index is 12.9. The smallest absolute Gasteiger partial charge is 0.278 e. The first-order valence-corrected chi connectivity index (χ1v) is 8.62. The lowest BCUT2D eigenvalue weighted by Gasteiger charge is -2.16. The van der Waals surface area contributed by atoms with Crippen molar-refractivity contribution >= 4 is 50.5 Å². The molecule has 0 radical (unpaired) electrons. The molecule has 2 aromatic rings. The molecule has 1 aliphatic heterocycles. The van der Waals surface area contributed by atoms with Crippen LogP contribution in [0.2, 0.25) is 0 Å². The van der Waals surface area contributed by atoms with Gasteiger partial charge in [-0.25, -0.2) is 0 Å². The number of carbonyl (C=O) groups excluding carboxylic acids is 1. The zero-order valence-corrected chi connectivity index (χ0v) is 14.9. The molecule has 3 rings (SSSR count). The minimum absolute atomic E-state index is 0.0246. The fourth-order valence-corrected chi connectivity index (χ4v) is 3.38. The minimum Gasteiger partial charge on any atom is -0.278 e. The largest absolute Gasteiger partial charge is 0.416 e. The van der Waals surface area contributed by atoms with Crippen LogP contribution >= 0.6 is 27.7 Å². The molecule has 0 aromatic heterocycles. The van der Waals surface area contributed by atoms with E-state index in [0.717, 1.165) is 38.8 Å². The lowest BCUT2D eigenvalue weighted by atomic mass is 10.1. The molecule has 1 saturated heterocycles. The molecule has 8 heteroatoms. The van der Waals surface area contributed by atoms with Crippen molar-refractivity contribution in [3.63, 3.8) is 0 Å². The first kappa shape index (κ1) is 17.8. The van der Waals surface area contributed by atoms with E-state index in [1.54, 1.807) is 18.2 Å². The lowest BCUT2D eigenvalue weighted by molar-refractivity contribution is -0.137. The Labute approximate surface area is 154 Å². The quantitative estimate of drug-likeness (QED) is 0.642. The van der Waals surface area contributed by atoms with E-state index in [1.165, 1.54) is 12.1 Å². The number of thioether (sulfide) groups is 1. The minimum atomic E-state index is -4.51. The number of rotatable bonds is 2. The van der Waals surface area contributed by atoms with Gasteiger partial charge in [-0.1, -0.05) is 34.1 Å². The van der Waals surface area contributed by atoms with E-state index in [2.05, 4.69) is 15.9 Å². The lowest BCUT2D eigenvalue weighted by Crippen LogP contribution is -2.28. The van der Waals surface area contributed by atoms with Crippen LogP contribution < -0.4 is 4.90 Å². The van der Waals surface area contributed by atoms with Gasteiger partial charge >= 0.3 is 6.18 Å². The van der Waals surface area contributed by atoms with Crippen molar-refractivity contribution < 1.29 is 18.0 Å². The molecule has 0 atom stereocenters. The molecule has 0 saturated carbocycles. The van der Waals surface area contributed by atoms with E-state index in [1.807, 2.05) is 12.1 Å². The summed E-state index contributed by atoms with van der Waals surface area (Å²) in [7, 11) is 0. The molecule has 1 fully saturated rings. The van der Waals surface area contributed by atoms with Crippen LogP contribution in [0.1, 0.15) is 11.1 Å². The van der Waals surface area contributed by atoms with Crippen molar-refractivity contribution in [3.8, 4) is 0 Å². The van der Waals surface area contributed by atoms with Gasteiger partial charge < -0.3 is 0 Å². The van der Waals surface area contributed by atoms with E-state index in [-0.39, 0.29) is 15.8 Å². The Hall–Kier alpha value is -2.06.